The van der Waals surface area contributed by atoms with E-state index >= 15 is 0 Å². The molecule has 0 saturated heterocycles. The largest absolute Gasteiger partial charge is 0.469 e. The lowest BCUT2D eigenvalue weighted by atomic mass is 9.84. The van der Waals surface area contributed by atoms with Gasteiger partial charge in [-0.05, 0) is 31.0 Å². The highest BCUT2D eigenvalue weighted by atomic mass is 19.1. The van der Waals surface area contributed by atoms with E-state index in [2.05, 4.69) is 0 Å². The fourth-order valence-corrected chi connectivity index (χ4v) is 1.57. The van der Waals surface area contributed by atoms with Gasteiger partial charge in [0.25, 0.3) is 0 Å². The minimum absolute atomic E-state index is 0.163. The number of hydrogen-bond acceptors (Lipinski definition) is 3. The van der Waals surface area contributed by atoms with Gasteiger partial charge in [-0.3, -0.25) is 4.79 Å². The molecule has 2 N–H and O–H groups in total. The average Bonchev–Trinajstić information content (AvgIpc) is 2.27. The van der Waals surface area contributed by atoms with Gasteiger partial charge in [0.2, 0.25) is 0 Å². The summed E-state index contributed by atoms with van der Waals surface area (Å²) in [6.45, 7) is 1.87. The number of methoxy groups -OCH3 is 1. The molecule has 0 bridgehead atoms. The van der Waals surface area contributed by atoms with Crippen LogP contribution < -0.4 is 5.73 Å². The number of hydrogen-bond donors (Lipinski definition) is 1. The summed E-state index contributed by atoms with van der Waals surface area (Å²) in [4.78, 5) is 11.6. The zero-order valence-corrected chi connectivity index (χ0v) is 9.50. The first-order valence-electron chi connectivity index (χ1n) is 5.05. The van der Waals surface area contributed by atoms with Crippen molar-refractivity contribution in [2.24, 2.45) is 11.1 Å². The monoisotopic (exact) mass is 225 g/mol. The molecule has 0 fully saturated rings. The van der Waals surface area contributed by atoms with Crippen LogP contribution in [0.3, 0.4) is 0 Å². The maximum atomic E-state index is 13.0. The second kappa shape index (κ2) is 5.07. The highest BCUT2D eigenvalue weighted by molar-refractivity contribution is 5.77. The predicted octanol–water partition coefficient (Wildman–Crippen LogP) is 1.51. The van der Waals surface area contributed by atoms with Crippen LogP contribution in [0.5, 0.6) is 0 Å². The van der Waals surface area contributed by atoms with E-state index in [1.165, 1.54) is 19.2 Å². The molecule has 1 rings (SSSR count). The Kier molecular flexibility index (Phi) is 4.01. The number of benzene rings is 1. The van der Waals surface area contributed by atoms with Crippen LogP contribution in [0.15, 0.2) is 24.3 Å². The highest BCUT2D eigenvalue weighted by Gasteiger charge is 2.33. The first kappa shape index (κ1) is 12.6. The minimum atomic E-state index is -0.803. The smallest absolute Gasteiger partial charge is 0.313 e. The molecule has 0 aliphatic rings. The first-order valence-corrected chi connectivity index (χ1v) is 5.05. The summed E-state index contributed by atoms with van der Waals surface area (Å²) in [6.07, 6.45) is 0.369. The molecular formula is C12H16FNO2. The van der Waals surface area contributed by atoms with E-state index in [1.807, 2.05) is 0 Å². The van der Waals surface area contributed by atoms with Gasteiger partial charge in [0, 0.05) is 6.54 Å². The number of nitrogens with two attached hydrogens (primary N) is 1. The Hall–Kier alpha value is -1.42. The third-order valence-corrected chi connectivity index (χ3v) is 2.61. The molecular weight excluding hydrogens is 209 g/mol. The van der Waals surface area contributed by atoms with Crippen molar-refractivity contribution in [1.29, 1.82) is 0 Å². The summed E-state index contributed by atoms with van der Waals surface area (Å²) >= 11 is 0. The SMILES string of the molecule is COC(=O)C(C)(CN)Cc1cccc(F)c1. The van der Waals surface area contributed by atoms with Crippen molar-refractivity contribution < 1.29 is 13.9 Å². The lowest BCUT2D eigenvalue weighted by Gasteiger charge is -2.24. The molecule has 0 spiro atoms. The zero-order chi connectivity index (χ0) is 12.2. The third kappa shape index (κ3) is 2.79. The van der Waals surface area contributed by atoms with E-state index in [1.54, 1.807) is 19.1 Å². The standard InChI is InChI=1S/C12H16FNO2/c1-12(8-14,11(15)16-2)7-9-4-3-5-10(13)6-9/h3-6H,7-8,14H2,1-2H3. The van der Waals surface area contributed by atoms with Gasteiger partial charge in [-0.15, -0.1) is 0 Å². The minimum Gasteiger partial charge on any atom is -0.469 e. The average molecular weight is 225 g/mol. The van der Waals surface area contributed by atoms with Gasteiger partial charge < -0.3 is 10.5 Å². The van der Waals surface area contributed by atoms with Crippen LogP contribution in [0.25, 0.3) is 0 Å². The molecule has 16 heavy (non-hydrogen) atoms. The van der Waals surface area contributed by atoms with Gasteiger partial charge in [0.1, 0.15) is 5.82 Å². The maximum absolute atomic E-state index is 13.0. The number of halogens is 1. The van der Waals surface area contributed by atoms with Gasteiger partial charge in [-0.1, -0.05) is 12.1 Å². The van der Waals surface area contributed by atoms with E-state index in [0.29, 0.717) is 6.42 Å². The zero-order valence-electron chi connectivity index (χ0n) is 9.50. The number of carbonyl (C=O) groups is 1. The number of esters is 1. The van der Waals surface area contributed by atoms with E-state index in [-0.39, 0.29) is 18.3 Å². The molecule has 1 atom stereocenters. The molecule has 0 aromatic heterocycles. The molecule has 0 aliphatic heterocycles. The first-order chi connectivity index (χ1) is 7.51. The Bertz CT molecular complexity index is 381. The molecule has 4 heteroatoms. The van der Waals surface area contributed by atoms with Crippen molar-refractivity contribution in [3.05, 3.63) is 35.6 Å². The molecule has 0 heterocycles. The van der Waals surface area contributed by atoms with Crippen LogP contribution in [0.1, 0.15) is 12.5 Å². The van der Waals surface area contributed by atoms with E-state index in [0.717, 1.165) is 5.56 Å². The van der Waals surface area contributed by atoms with E-state index in [4.69, 9.17) is 10.5 Å². The third-order valence-electron chi connectivity index (χ3n) is 2.61. The van der Waals surface area contributed by atoms with Crippen LogP contribution in [-0.4, -0.2) is 19.6 Å². The fourth-order valence-electron chi connectivity index (χ4n) is 1.57. The molecule has 0 radical (unpaired) electrons. The van der Waals surface area contributed by atoms with Crippen molar-refractivity contribution in [2.75, 3.05) is 13.7 Å². The van der Waals surface area contributed by atoms with Gasteiger partial charge in [0.15, 0.2) is 0 Å². The fraction of sp³-hybridized carbons (Fsp3) is 0.417. The summed E-state index contributed by atoms with van der Waals surface area (Å²) in [5.41, 5.74) is 5.51. The summed E-state index contributed by atoms with van der Waals surface area (Å²) in [5.74, 6) is -0.694. The molecule has 88 valence electrons. The van der Waals surface area contributed by atoms with Gasteiger partial charge in [-0.2, -0.15) is 0 Å². The summed E-state index contributed by atoms with van der Waals surface area (Å²) < 4.78 is 17.7. The Morgan fingerprint density at radius 2 is 2.25 bits per heavy atom. The Balaban J connectivity index is 2.89. The van der Waals surface area contributed by atoms with Crippen molar-refractivity contribution in [1.82, 2.24) is 0 Å². The molecule has 0 saturated carbocycles. The summed E-state index contributed by atoms with van der Waals surface area (Å²) in [5, 5.41) is 0. The number of ether oxygens (including phenoxy) is 1. The quantitative estimate of drug-likeness (QED) is 0.790. The van der Waals surface area contributed by atoms with E-state index < -0.39 is 5.41 Å². The highest BCUT2D eigenvalue weighted by Crippen LogP contribution is 2.23. The van der Waals surface area contributed by atoms with Crippen LogP contribution in [0, 0.1) is 11.2 Å². The molecule has 0 amide bonds. The predicted molar refractivity (Wildman–Crippen MR) is 59.3 cm³/mol. The molecule has 1 aromatic carbocycles. The van der Waals surface area contributed by atoms with Crippen LogP contribution in [0.2, 0.25) is 0 Å². The normalized spacial score (nSPS) is 14.2. The van der Waals surface area contributed by atoms with E-state index in [9.17, 15) is 9.18 Å². The van der Waals surface area contributed by atoms with Crippen LogP contribution in [0.4, 0.5) is 4.39 Å². The number of rotatable bonds is 4. The van der Waals surface area contributed by atoms with Crippen molar-refractivity contribution in [3.63, 3.8) is 0 Å². The topological polar surface area (TPSA) is 52.3 Å². The second-order valence-corrected chi connectivity index (χ2v) is 4.06. The Morgan fingerprint density at radius 1 is 1.56 bits per heavy atom. The van der Waals surface area contributed by atoms with Gasteiger partial charge >= 0.3 is 5.97 Å². The van der Waals surface area contributed by atoms with Crippen molar-refractivity contribution >= 4 is 5.97 Å². The lowest BCUT2D eigenvalue weighted by molar-refractivity contribution is -0.151. The van der Waals surface area contributed by atoms with Crippen LogP contribution >= 0.6 is 0 Å². The van der Waals surface area contributed by atoms with Crippen LogP contribution in [-0.2, 0) is 16.0 Å². The maximum Gasteiger partial charge on any atom is 0.313 e. The molecule has 1 aromatic rings. The van der Waals surface area contributed by atoms with Gasteiger partial charge in [-0.25, -0.2) is 4.39 Å². The molecule has 0 aliphatic carbocycles. The van der Waals surface area contributed by atoms with Crippen molar-refractivity contribution in [3.8, 4) is 0 Å². The van der Waals surface area contributed by atoms with Gasteiger partial charge in [0.05, 0.1) is 12.5 Å². The summed E-state index contributed by atoms with van der Waals surface area (Å²) in [6, 6.07) is 6.14. The lowest BCUT2D eigenvalue weighted by Crippen LogP contribution is -2.38. The Labute approximate surface area is 94.4 Å². The molecule has 3 nitrogen and oxygen atoms in total. The second-order valence-electron chi connectivity index (χ2n) is 4.06. The molecule has 1 unspecified atom stereocenters. The summed E-state index contributed by atoms with van der Waals surface area (Å²) in [7, 11) is 1.32. The number of carbonyl (C=O) groups excluding carboxylic acids is 1. The Morgan fingerprint density at radius 3 is 2.75 bits per heavy atom. The van der Waals surface area contributed by atoms with Crippen molar-refractivity contribution in [2.45, 2.75) is 13.3 Å².